The van der Waals surface area contributed by atoms with E-state index < -0.39 is 17.7 Å². The predicted octanol–water partition coefficient (Wildman–Crippen LogP) is 1.04. The van der Waals surface area contributed by atoms with Crippen LogP contribution in [0.2, 0.25) is 0 Å². The summed E-state index contributed by atoms with van der Waals surface area (Å²) in [6.45, 7) is 0. The van der Waals surface area contributed by atoms with Crippen molar-refractivity contribution in [1.29, 1.82) is 5.26 Å². The van der Waals surface area contributed by atoms with E-state index in [9.17, 15) is 14.4 Å². The third kappa shape index (κ3) is 3.71. The quantitative estimate of drug-likeness (QED) is 0.564. The fraction of sp³-hybridized carbons (Fsp3) is 0. The zero-order chi connectivity index (χ0) is 16.8. The van der Waals surface area contributed by atoms with Gasteiger partial charge in [-0.25, -0.2) is 0 Å². The Hall–Kier alpha value is -3.66. The Balaban J connectivity index is 2.06. The summed E-state index contributed by atoms with van der Waals surface area (Å²) >= 11 is 0. The van der Waals surface area contributed by atoms with Crippen molar-refractivity contribution in [2.75, 3.05) is 11.1 Å². The molecule has 0 aliphatic rings. The van der Waals surface area contributed by atoms with Gasteiger partial charge < -0.3 is 11.1 Å². The van der Waals surface area contributed by atoms with Crippen LogP contribution in [0, 0.1) is 11.3 Å². The van der Waals surface area contributed by atoms with E-state index in [2.05, 4.69) is 5.32 Å². The van der Waals surface area contributed by atoms with Crippen molar-refractivity contribution < 1.29 is 14.4 Å². The Bertz CT molecular complexity index is 824. The van der Waals surface area contributed by atoms with E-state index in [0.717, 1.165) is 0 Å². The average Bonchev–Trinajstić information content (AvgIpc) is 2.55. The van der Waals surface area contributed by atoms with Crippen molar-refractivity contribution in [1.82, 2.24) is 5.32 Å². The molecule has 0 aliphatic carbocycles. The molecule has 23 heavy (non-hydrogen) atoms. The number of nitriles is 1. The van der Waals surface area contributed by atoms with Crippen molar-refractivity contribution in [3.8, 4) is 6.07 Å². The number of carbonyl (C=O) groups excluding carboxylic acids is 3. The number of hydrogen-bond donors (Lipinski definition) is 3. The minimum Gasteiger partial charge on any atom is -0.398 e. The smallest absolute Gasteiger partial charge is 0.316 e. The second-order valence-corrected chi connectivity index (χ2v) is 4.48. The van der Waals surface area contributed by atoms with Gasteiger partial charge in [-0.1, -0.05) is 24.3 Å². The minimum absolute atomic E-state index is 0.0890. The van der Waals surface area contributed by atoms with Crippen molar-refractivity contribution in [3.63, 3.8) is 0 Å². The van der Waals surface area contributed by atoms with Gasteiger partial charge in [0.25, 0.3) is 5.91 Å². The molecule has 0 aliphatic heterocycles. The number of hydrogen-bond acceptors (Lipinski definition) is 5. The molecule has 0 heterocycles. The summed E-state index contributed by atoms with van der Waals surface area (Å²) in [6.07, 6.45) is 0. The standard InChI is InChI=1S/C16H12N4O3/c17-9-10-5-1-4-8-13(10)19-15(22)16(23)20-14(21)11-6-2-3-7-12(11)18/h1-8H,18H2,(H,19,22)(H,20,21,23). The van der Waals surface area contributed by atoms with Gasteiger partial charge in [-0.3, -0.25) is 19.7 Å². The third-order valence-electron chi connectivity index (χ3n) is 2.93. The van der Waals surface area contributed by atoms with E-state index in [1.165, 1.54) is 24.3 Å². The number of nitrogens with one attached hydrogen (secondary N) is 2. The highest BCUT2D eigenvalue weighted by Gasteiger charge is 2.19. The molecule has 7 nitrogen and oxygen atoms in total. The van der Waals surface area contributed by atoms with Gasteiger partial charge in [0.2, 0.25) is 0 Å². The van der Waals surface area contributed by atoms with Crippen molar-refractivity contribution in [2.45, 2.75) is 0 Å². The molecule has 0 saturated carbocycles. The van der Waals surface area contributed by atoms with Crippen LogP contribution in [0.4, 0.5) is 11.4 Å². The minimum atomic E-state index is -1.15. The summed E-state index contributed by atoms with van der Waals surface area (Å²) < 4.78 is 0. The van der Waals surface area contributed by atoms with Crippen LogP contribution in [0.25, 0.3) is 0 Å². The molecule has 7 heteroatoms. The van der Waals surface area contributed by atoms with Crippen LogP contribution in [0.15, 0.2) is 48.5 Å². The Kier molecular flexibility index (Phi) is 4.69. The molecular weight excluding hydrogens is 296 g/mol. The fourth-order valence-electron chi connectivity index (χ4n) is 1.80. The molecule has 2 rings (SSSR count). The van der Waals surface area contributed by atoms with Crippen molar-refractivity contribution >= 4 is 29.1 Å². The molecular formula is C16H12N4O3. The van der Waals surface area contributed by atoms with Gasteiger partial charge in [0.05, 0.1) is 16.8 Å². The average molecular weight is 308 g/mol. The molecule has 0 fully saturated rings. The number of imide groups is 1. The van der Waals surface area contributed by atoms with E-state index >= 15 is 0 Å². The largest absolute Gasteiger partial charge is 0.398 e. The maximum Gasteiger partial charge on any atom is 0.316 e. The van der Waals surface area contributed by atoms with Crippen LogP contribution in [-0.4, -0.2) is 17.7 Å². The molecule has 4 N–H and O–H groups in total. The van der Waals surface area contributed by atoms with Gasteiger partial charge in [0.15, 0.2) is 0 Å². The number of rotatable bonds is 2. The first-order valence-electron chi connectivity index (χ1n) is 6.53. The Morgan fingerprint density at radius 1 is 0.957 bits per heavy atom. The molecule has 0 saturated heterocycles. The van der Waals surface area contributed by atoms with E-state index in [4.69, 9.17) is 11.0 Å². The number of amides is 3. The molecule has 2 aromatic carbocycles. The molecule has 0 unspecified atom stereocenters. The van der Waals surface area contributed by atoms with Crippen LogP contribution in [-0.2, 0) is 9.59 Å². The summed E-state index contributed by atoms with van der Waals surface area (Å²) in [5.41, 5.74) is 6.29. The Morgan fingerprint density at radius 3 is 2.30 bits per heavy atom. The number of benzene rings is 2. The van der Waals surface area contributed by atoms with Gasteiger partial charge in [0.1, 0.15) is 6.07 Å². The highest BCUT2D eigenvalue weighted by molar-refractivity contribution is 6.42. The normalized spacial score (nSPS) is 9.52. The number of nitrogens with zero attached hydrogens (tertiary/aromatic N) is 1. The number of nitrogens with two attached hydrogens (primary N) is 1. The molecule has 0 radical (unpaired) electrons. The summed E-state index contributed by atoms with van der Waals surface area (Å²) in [5.74, 6) is -2.99. The van der Waals surface area contributed by atoms with E-state index in [1.807, 2.05) is 11.4 Å². The van der Waals surface area contributed by atoms with Crippen LogP contribution >= 0.6 is 0 Å². The molecule has 0 spiro atoms. The second-order valence-electron chi connectivity index (χ2n) is 4.48. The number of carbonyl (C=O) groups is 3. The summed E-state index contributed by atoms with van der Waals surface area (Å²) in [7, 11) is 0. The zero-order valence-electron chi connectivity index (χ0n) is 11.9. The highest BCUT2D eigenvalue weighted by atomic mass is 16.2. The summed E-state index contributed by atoms with van der Waals surface area (Å²) in [4.78, 5) is 35.5. The second kappa shape index (κ2) is 6.87. The zero-order valence-corrected chi connectivity index (χ0v) is 11.9. The lowest BCUT2D eigenvalue weighted by atomic mass is 10.1. The van der Waals surface area contributed by atoms with E-state index in [1.54, 1.807) is 24.3 Å². The monoisotopic (exact) mass is 308 g/mol. The molecule has 0 atom stereocenters. The van der Waals surface area contributed by atoms with Crippen LogP contribution in [0.5, 0.6) is 0 Å². The lowest BCUT2D eigenvalue weighted by molar-refractivity contribution is -0.135. The van der Waals surface area contributed by atoms with Crippen molar-refractivity contribution in [2.24, 2.45) is 0 Å². The van der Waals surface area contributed by atoms with Gasteiger partial charge in [-0.05, 0) is 24.3 Å². The molecule has 2 aromatic rings. The molecule has 3 amide bonds. The van der Waals surface area contributed by atoms with Crippen LogP contribution in [0.3, 0.4) is 0 Å². The molecule has 114 valence electrons. The van der Waals surface area contributed by atoms with E-state index in [0.29, 0.717) is 0 Å². The van der Waals surface area contributed by atoms with Gasteiger partial charge in [0, 0.05) is 5.69 Å². The lowest BCUT2D eigenvalue weighted by Crippen LogP contribution is -2.39. The third-order valence-corrected chi connectivity index (χ3v) is 2.93. The lowest BCUT2D eigenvalue weighted by Gasteiger charge is -2.08. The SMILES string of the molecule is N#Cc1ccccc1NC(=O)C(=O)NC(=O)c1ccccc1N. The number of para-hydroxylation sites is 2. The molecule has 0 aromatic heterocycles. The Labute approximate surface area is 131 Å². The van der Waals surface area contributed by atoms with Gasteiger partial charge in [-0.15, -0.1) is 0 Å². The molecule has 0 bridgehead atoms. The first-order chi connectivity index (χ1) is 11.0. The maximum absolute atomic E-state index is 11.9. The van der Waals surface area contributed by atoms with Crippen LogP contribution in [0.1, 0.15) is 15.9 Å². The first kappa shape index (κ1) is 15.7. The van der Waals surface area contributed by atoms with Crippen LogP contribution < -0.4 is 16.4 Å². The highest BCUT2D eigenvalue weighted by Crippen LogP contribution is 2.13. The number of anilines is 2. The number of nitrogen functional groups attached to an aromatic ring is 1. The maximum atomic E-state index is 11.9. The Morgan fingerprint density at radius 2 is 1.61 bits per heavy atom. The van der Waals surface area contributed by atoms with E-state index in [-0.39, 0.29) is 22.5 Å². The predicted molar refractivity (Wildman–Crippen MR) is 83.1 cm³/mol. The summed E-state index contributed by atoms with van der Waals surface area (Å²) in [5, 5.41) is 13.1. The van der Waals surface area contributed by atoms with Gasteiger partial charge >= 0.3 is 11.8 Å². The van der Waals surface area contributed by atoms with Gasteiger partial charge in [-0.2, -0.15) is 5.26 Å². The topological polar surface area (TPSA) is 125 Å². The summed E-state index contributed by atoms with van der Waals surface area (Å²) in [6, 6.07) is 14.2. The first-order valence-corrected chi connectivity index (χ1v) is 6.53. The van der Waals surface area contributed by atoms with Crippen molar-refractivity contribution in [3.05, 3.63) is 59.7 Å². The fourth-order valence-corrected chi connectivity index (χ4v) is 1.80.